The fourth-order valence-electron chi connectivity index (χ4n) is 9.17. The summed E-state index contributed by atoms with van der Waals surface area (Å²) in [4.78, 5) is 0. The van der Waals surface area contributed by atoms with E-state index < -0.39 is 7.41 Å². The van der Waals surface area contributed by atoms with Gasteiger partial charge in [-0.25, -0.2) is 0 Å². The molecule has 32 heavy (non-hydrogen) atoms. The van der Waals surface area contributed by atoms with E-state index >= 15 is 0 Å². The predicted octanol–water partition coefficient (Wildman–Crippen LogP) is 9.50. The zero-order chi connectivity index (χ0) is 21.6. The molecule has 0 aromatic rings. The Hall–Kier alpha value is 0.195. The van der Waals surface area contributed by atoms with Crippen molar-refractivity contribution in [2.75, 3.05) is 0 Å². The maximum atomic E-state index is 3.54. The SMILES string of the molecule is C1=CC[B-](N(C2CCCCC2)[P+](C2CCCCC2)(C2CCCCC2)C2CCCCC2)CC1. The summed E-state index contributed by atoms with van der Waals surface area (Å²) in [6.07, 6.45) is 40.4. The summed E-state index contributed by atoms with van der Waals surface area (Å²) in [5.41, 5.74) is 3.32. The maximum Gasteiger partial charge on any atom is 0.0823 e. The van der Waals surface area contributed by atoms with Crippen molar-refractivity contribution in [3.63, 3.8) is 0 Å². The lowest BCUT2D eigenvalue weighted by Gasteiger charge is -2.63. The highest BCUT2D eigenvalue weighted by Gasteiger charge is 2.60. The van der Waals surface area contributed by atoms with Gasteiger partial charge in [-0.2, -0.15) is 12.6 Å². The molecule has 0 unspecified atom stereocenters. The fourth-order valence-corrected chi connectivity index (χ4v) is 17.2. The van der Waals surface area contributed by atoms with Crippen LogP contribution >= 0.6 is 7.41 Å². The van der Waals surface area contributed by atoms with Gasteiger partial charge < -0.3 is 4.58 Å². The first-order valence-corrected chi connectivity index (χ1v) is 17.2. The highest BCUT2D eigenvalue weighted by molar-refractivity contribution is 7.77. The van der Waals surface area contributed by atoms with E-state index in [0.717, 1.165) is 29.9 Å². The van der Waals surface area contributed by atoms with E-state index in [1.54, 1.807) is 77.0 Å². The molecule has 181 valence electrons. The molecule has 5 aliphatic rings. The van der Waals surface area contributed by atoms with Gasteiger partial charge in [0.15, 0.2) is 0 Å². The van der Waals surface area contributed by atoms with Gasteiger partial charge in [-0.15, -0.1) is 6.08 Å². The number of nitrogens with zero attached hydrogens (tertiary/aromatic N) is 1. The molecule has 4 saturated carbocycles. The van der Waals surface area contributed by atoms with E-state index in [2.05, 4.69) is 16.7 Å². The summed E-state index contributed by atoms with van der Waals surface area (Å²) in [5.74, 6) is 0. The molecular weight excluding hydrogens is 404 g/mol. The second-order valence-electron chi connectivity index (χ2n) is 12.3. The molecule has 0 aromatic carbocycles. The topological polar surface area (TPSA) is 3.24 Å². The van der Waals surface area contributed by atoms with Crippen LogP contribution in [0.4, 0.5) is 0 Å². The number of hydrogen-bond acceptors (Lipinski definition) is 1. The van der Waals surface area contributed by atoms with Gasteiger partial charge in [-0.3, -0.25) is 0 Å². The summed E-state index contributed by atoms with van der Waals surface area (Å²) >= 11 is 0. The Labute approximate surface area is 201 Å². The van der Waals surface area contributed by atoms with E-state index in [1.165, 1.54) is 70.4 Å². The van der Waals surface area contributed by atoms with Crippen molar-refractivity contribution in [3.05, 3.63) is 12.2 Å². The van der Waals surface area contributed by atoms with Crippen LogP contribution in [0.25, 0.3) is 0 Å². The third kappa shape index (κ3) is 4.94. The molecule has 4 fully saturated rings. The van der Waals surface area contributed by atoms with E-state index in [-0.39, 0.29) is 0 Å². The molecule has 0 amide bonds. The molecule has 0 atom stereocenters. The maximum absolute atomic E-state index is 3.54. The van der Waals surface area contributed by atoms with Crippen molar-refractivity contribution >= 4 is 14.3 Å². The van der Waals surface area contributed by atoms with Crippen molar-refractivity contribution in [2.45, 2.75) is 170 Å². The summed E-state index contributed by atoms with van der Waals surface area (Å²) in [6.45, 7) is 0.891. The zero-order valence-corrected chi connectivity index (χ0v) is 22.1. The van der Waals surface area contributed by atoms with Gasteiger partial charge >= 0.3 is 0 Å². The van der Waals surface area contributed by atoms with E-state index in [0.29, 0.717) is 0 Å². The standard InChI is InChI=1S/C29H52BNP/c1-6-16-26(17-7-1)31(30-24-14-5-15-25-30)32(27-18-8-2-9-19-27,28-20-10-3-11-21-28)29-22-12-4-13-23-29/h5,14,26-29H,1-4,6-13,15-25H2. The minimum Gasteiger partial charge on any atom is -0.375 e. The van der Waals surface area contributed by atoms with Gasteiger partial charge in [-0.1, -0.05) is 51.0 Å². The van der Waals surface area contributed by atoms with E-state index in [9.17, 15) is 0 Å². The second-order valence-corrected chi connectivity index (χ2v) is 16.5. The Bertz CT molecular complexity index is 536. The summed E-state index contributed by atoms with van der Waals surface area (Å²) in [5, 5.41) is 0. The van der Waals surface area contributed by atoms with Crippen LogP contribution in [0, 0.1) is 0 Å². The minimum atomic E-state index is -1.17. The quantitative estimate of drug-likeness (QED) is 0.218. The van der Waals surface area contributed by atoms with Crippen molar-refractivity contribution in [2.24, 2.45) is 0 Å². The molecule has 4 aliphatic carbocycles. The van der Waals surface area contributed by atoms with Gasteiger partial charge in [0.2, 0.25) is 0 Å². The lowest BCUT2D eigenvalue weighted by molar-refractivity contribution is 0.318. The molecule has 1 nitrogen and oxygen atoms in total. The van der Waals surface area contributed by atoms with Crippen molar-refractivity contribution < 1.29 is 0 Å². The van der Waals surface area contributed by atoms with Crippen LogP contribution in [0.5, 0.6) is 0 Å². The van der Waals surface area contributed by atoms with Gasteiger partial charge in [0.1, 0.15) is 0 Å². The first-order valence-electron chi connectivity index (χ1n) is 15.2. The van der Waals surface area contributed by atoms with Gasteiger partial charge in [0, 0.05) is 7.41 Å². The summed E-state index contributed by atoms with van der Waals surface area (Å²) in [6, 6.07) is 0.944. The molecule has 0 spiro atoms. The lowest BCUT2D eigenvalue weighted by Crippen LogP contribution is -2.55. The largest absolute Gasteiger partial charge is 0.375 e. The van der Waals surface area contributed by atoms with Crippen molar-refractivity contribution in [3.8, 4) is 0 Å². The summed E-state index contributed by atoms with van der Waals surface area (Å²) < 4.78 is 3.54. The van der Waals surface area contributed by atoms with Gasteiger partial charge in [-0.05, 0) is 103 Å². The van der Waals surface area contributed by atoms with E-state index in [1.807, 2.05) is 0 Å². The molecule has 1 radical (unpaired) electrons. The molecule has 1 heterocycles. The van der Waals surface area contributed by atoms with E-state index in [4.69, 9.17) is 0 Å². The number of allylic oxidation sites excluding steroid dienone is 2. The predicted molar refractivity (Wildman–Crippen MR) is 145 cm³/mol. The fraction of sp³-hybridized carbons (Fsp3) is 0.931. The molecule has 0 N–H and O–H groups in total. The Morgan fingerprint density at radius 1 is 0.531 bits per heavy atom. The van der Waals surface area contributed by atoms with Crippen LogP contribution in [-0.2, 0) is 0 Å². The first kappa shape index (κ1) is 23.9. The van der Waals surface area contributed by atoms with Crippen LogP contribution < -0.4 is 0 Å². The Morgan fingerprint density at radius 3 is 1.38 bits per heavy atom. The second kappa shape index (κ2) is 11.8. The summed E-state index contributed by atoms with van der Waals surface area (Å²) in [7, 11) is -1.17. The average molecular weight is 457 g/mol. The highest BCUT2D eigenvalue weighted by Crippen LogP contribution is 2.80. The molecule has 0 aromatic heterocycles. The molecule has 0 saturated heterocycles. The van der Waals surface area contributed by atoms with Crippen LogP contribution in [0.2, 0.25) is 12.6 Å². The Kier molecular flexibility index (Phi) is 8.78. The normalized spacial score (nSPS) is 29.0. The first-order chi connectivity index (χ1) is 15.9. The molecule has 3 heteroatoms. The number of rotatable bonds is 6. The minimum absolute atomic E-state index is 0.891. The van der Waals surface area contributed by atoms with Gasteiger partial charge in [0.05, 0.1) is 17.0 Å². The third-order valence-electron chi connectivity index (χ3n) is 10.4. The molecule has 0 bridgehead atoms. The van der Waals surface area contributed by atoms with Crippen molar-refractivity contribution in [1.29, 1.82) is 0 Å². The third-order valence-corrected chi connectivity index (χ3v) is 17.0. The Morgan fingerprint density at radius 2 is 0.969 bits per heavy atom. The van der Waals surface area contributed by atoms with Crippen LogP contribution in [0.1, 0.15) is 135 Å². The lowest BCUT2D eigenvalue weighted by atomic mass is 9.52. The van der Waals surface area contributed by atoms with Crippen molar-refractivity contribution in [1.82, 2.24) is 4.58 Å². The van der Waals surface area contributed by atoms with Crippen LogP contribution in [0.3, 0.4) is 0 Å². The smallest absolute Gasteiger partial charge is 0.0823 e. The monoisotopic (exact) mass is 456 g/mol. The van der Waals surface area contributed by atoms with Gasteiger partial charge in [0.25, 0.3) is 0 Å². The number of hydrogen-bond donors (Lipinski definition) is 0. The van der Waals surface area contributed by atoms with Crippen LogP contribution in [-0.4, -0.2) is 34.4 Å². The molecule has 1 aliphatic heterocycles. The average Bonchev–Trinajstić information content (AvgIpc) is 2.90. The highest BCUT2D eigenvalue weighted by atomic mass is 31.2. The Balaban J connectivity index is 1.61. The zero-order valence-electron chi connectivity index (χ0n) is 21.2. The molecular formula is C29H52BNP. The van der Waals surface area contributed by atoms with Crippen LogP contribution in [0.15, 0.2) is 12.2 Å². The molecule has 5 rings (SSSR count).